The molecule has 2 aromatic heterocycles. The summed E-state index contributed by atoms with van der Waals surface area (Å²) in [5.41, 5.74) is 3.26. The van der Waals surface area contributed by atoms with Crippen molar-refractivity contribution in [1.29, 1.82) is 0 Å². The van der Waals surface area contributed by atoms with Gasteiger partial charge in [-0.05, 0) is 38.1 Å². The Morgan fingerprint density at radius 3 is 2.71 bits per heavy atom. The highest BCUT2D eigenvalue weighted by Crippen LogP contribution is 2.18. The summed E-state index contributed by atoms with van der Waals surface area (Å²) < 4.78 is 15.6. The Morgan fingerprint density at radius 1 is 1.21 bits per heavy atom. The van der Waals surface area contributed by atoms with Crippen LogP contribution in [0.3, 0.4) is 0 Å². The van der Waals surface area contributed by atoms with Crippen LogP contribution in [0.1, 0.15) is 27.6 Å². The van der Waals surface area contributed by atoms with E-state index in [2.05, 4.69) is 15.3 Å². The van der Waals surface area contributed by atoms with E-state index in [-0.39, 0.29) is 11.7 Å². The van der Waals surface area contributed by atoms with Gasteiger partial charge < -0.3 is 9.88 Å². The van der Waals surface area contributed by atoms with E-state index in [1.54, 1.807) is 12.1 Å². The molecule has 0 bridgehead atoms. The monoisotopic (exact) mass is 326 g/mol. The van der Waals surface area contributed by atoms with E-state index in [0.717, 1.165) is 17.0 Å². The standard InChI is InChI=1S/C18H19FN4O/c1-11-7-8-13(12(2)21-11)18(24)20-10-9-16-22-17-14(19)5-4-6-15(17)23(16)3/h4-8H,9-10H2,1-3H3,(H,20,24). The summed E-state index contributed by atoms with van der Waals surface area (Å²) in [5, 5.41) is 2.87. The molecule has 0 aliphatic heterocycles. The van der Waals surface area contributed by atoms with Crippen LogP contribution in [0.15, 0.2) is 30.3 Å². The van der Waals surface area contributed by atoms with E-state index in [4.69, 9.17) is 0 Å². The molecule has 6 heteroatoms. The van der Waals surface area contributed by atoms with Gasteiger partial charge in [-0.25, -0.2) is 9.37 Å². The van der Waals surface area contributed by atoms with E-state index in [9.17, 15) is 9.18 Å². The van der Waals surface area contributed by atoms with E-state index in [1.165, 1.54) is 6.07 Å². The molecule has 0 saturated carbocycles. The minimum absolute atomic E-state index is 0.162. The zero-order valence-electron chi connectivity index (χ0n) is 13.9. The number of amides is 1. The molecular weight excluding hydrogens is 307 g/mol. The number of halogens is 1. The molecule has 5 nitrogen and oxygen atoms in total. The number of para-hydroxylation sites is 1. The number of nitrogens with one attached hydrogen (secondary N) is 1. The maximum Gasteiger partial charge on any atom is 0.253 e. The molecule has 2 heterocycles. The second kappa shape index (κ2) is 6.39. The van der Waals surface area contributed by atoms with Crippen LogP contribution in [0.25, 0.3) is 11.0 Å². The molecule has 1 aromatic carbocycles. The number of carbonyl (C=O) groups is 1. The summed E-state index contributed by atoms with van der Waals surface area (Å²) >= 11 is 0. The summed E-state index contributed by atoms with van der Waals surface area (Å²) in [4.78, 5) is 20.9. The highest BCUT2D eigenvalue weighted by atomic mass is 19.1. The number of rotatable bonds is 4. The zero-order valence-corrected chi connectivity index (χ0v) is 13.9. The predicted molar refractivity (Wildman–Crippen MR) is 90.4 cm³/mol. The molecular formula is C18H19FN4O. The van der Waals surface area contributed by atoms with Gasteiger partial charge in [-0.3, -0.25) is 9.78 Å². The lowest BCUT2D eigenvalue weighted by molar-refractivity contribution is 0.0953. The van der Waals surface area contributed by atoms with Crippen LogP contribution in [-0.4, -0.2) is 27.0 Å². The summed E-state index contributed by atoms with van der Waals surface area (Å²) in [6.07, 6.45) is 0.523. The number of carbonyl (C=O) groups excluding carboxylic acids is 1. The lowest BCUT2D eigenvalue weighted by Crippen LogP contribution is -2.27. The first-order valence-electron chi connectivity index (χ1n) is 7.79. The van der Waals surface area contributed by atoms with Crippen LogP contribution in [0.5, 0.6) is 0 Å². The first kappa shape index (κ1) is 16.1. The smallest absolute Gasteiger partial charge is 0.253 e. The molecule has 1 amide bonds. The number of hydrogen-bond donors (Lipinski definition) is 1. The molecule has 0 aliphatic carbocycles. The molecule has 0 fully saturated rings. The first-order valence-corrected chi connectivity index (χ1v) is 7.79. The highest BCUT2D eigenvalue weighted by molar-refractivity contribution is 5.95. The molecule has 0 unspecified atom stereocenters. The highest BCUT2D eigenvalue weighted by Gasteiger charge is 2.13. The Morgan fingerprint density at radius 2 is 2.00 bits per heavy atom. The summed E-state index contributed by atoms with van der Waals surface area (Å²) in [7, 11) is 1.85. The van der Waals surface area contributed by atoms with E-state index >= 15 is 0 Å². The van der Waals surface area contributed by atoms with Crippen molar-refractivity contribution in [2.45, 2.75) is 20.3 Å². The van der Waals surface area contributed by atoms with Gasteiger partial charge in [-0.1, -0.05) is 6.07 Å². The lowest BCUT2D eigenvalue weighted by Gasteiger charge is -2.08. The normalized spacial score (nSPS) is 11.0. The van der Waals surface area contributed by atoms with Crippen LogP contribution in [0, 0.1) is 19.7 Å². The summed E-state index contributed by atoms with van der Waals surface area (Å²) in [5.74, 6) is 0.235. The van der Waals surface area contributed by atoms with Crippen LogP contribution < -0.4 is 5.32 Å². The minimum atomic E-state index is -0.334. The van der Waals surface area contributed by atoms with Gasteiger partial charge in [-0.15, -0.1) is 0 Å². The van der Waals surface area contributed by atoms with Gasteiger partial charge in [0.2, 0.25) is 0 Å². The van der Waals surface area contributed by atoms with Gasteiger partial charge in [0.25, 0.3) is 5.91 Å². The SMILES string of the molecule is Cc1ccc(C(=O)NCCc2nc3c(F)cccc3n2C)c(C)n1. The van der Waals surface area contributed by atoms with Gasteiger partial charge in [0.05, 0.1) is 16.8 Å². The Hall–Kier alpha value is -2.76. The topological polar surface area (TPSA) is 59.8 Å². The van der Waals surface area contributed by atoms with Crippen molar-refractivity contribution in [3.63, 3.8) is 0 Å². The van der Waals surface area contributed by atoms with Gasteiger partial charge in [-0.2, -0.15) is 0 Å². The third-order valence-electron chi connectivity index (χ3n) is 4.06. The van der Waals surface area contributed by atoms with Crippen molar-refractivity contribution in [2.75, 3.05) is 6.54 Å². The van der Waals surface area contributed by atoms with Gasteiger partial charge in [0.1, 0.15) is 11.3 Å². The Balaban J connectivity index is 1.69. The molecule has 0 saturated heterocycles. The Kier molecular flexibility index (Phi) is 4.29. The average molecular weight is 326 g/mol. The quantitative estimate of drug-likeness (QED) is 0.802. The van der Waals surface area contributed by atoms with Gasteiger partial charge >= 0.3 is 0 Å². The molecule has 3 aromatic rings. The minimum Gasteiger partial charge on any atom is -0.352 e. The van der Waals surface area contributed by atoms with Crippen molar-refractivity contribution in [3.8, 4) is 0 Å². The fraction of sp³-hybridized carbons (Fsp3) is 0.278. The van der Waals surface area contributed by atoms with Crippen molar-refractivity contribution >= 4 is 16.9 Å². The molecule has 0 aliphatic rings. The fourth-order valence-corrected chi connectivity index (χ4v) is 2.76. The number of imidazole rings is 1. The number of nitrogens with zero attached hydrogens (tertiary/aromatic N) is 3. The Bertz CT molecular complexity index is 917. The molecule has 3 rings (SSSR count). The third kappa shape index (κ3) is 2.99. The van der Waals surface area contributed by atoms with E-state index in [0.29, 0.717) is 29.7 Å². The second-order valence-corrected chi connectivity index (χ2v) is 5.79. The predicted octanol–water partition coefficient (Wildman–Crippen LogP) is 2.70. The third-order valence-corrected chi connectivity index (χ3v) is 4.06. The number of benzene rings is 1. The van der Waals surface area contributed by atoms with Crippen LogP contribution in [0.4, 0.5) is 4.39 Å². The number of fused-ring (bicyclic) bond motifs is 1. The molecule has 124 valence electrons. The van der Waals surface area contributed by atoms with E-state index < -0.39 is 0 Å². The average Bonchev–Trinajstić information content (AvgIpc) is 2.85. The maximum atomic E-state index is 13.8. The number of aromatic nitrogens is 3. The molecule has 0 radical (unpaired) electrons. The van der Waals surface area contributed by atoms with Crippen molar-refractivity contribution in [3.05, 3.63) is 58.9 Å². The van der Waals surface area contributed by atoms with Crippen molar-refractivity contribution in [1.82, 2.24) is 19.9 Å². The molecule has 0 atom stereocenters. The number of pyridine rings is 1. The fourth-order valence-electron chi connectivity index (χ4n) is 2.76. The first-order chi connectivity index (χ1) is 11.5. The van der Waals surface area contributed by atoms with Crippen LogP contribution >= 0.6 is 0 Å². The largest absolute Gasteiger partial charge is 0.352 e. The zero-order chi connectivity index (χ0) is 17.3. The molecule has 0 spiro atoms. The molecule has 24 heavy (non-hydrogen) atoms. The second-order valence-electron chi connectivity index (χ2n) is 5.79. The van der Waals surface area contributed by atoms with Crippen LogP contribution in [-0.2, 0) is 13.5 Å². The van der Waals surface area contributed by atoms with E-state index in [1.807, 2.05) is 37.6 Å². The van der Waals surface area contributed by atoms with Crippen LogP contribution in [0.2, 0.25) is 0 Å². The molecule has 1 N–H and O–H groups in total. The summed E-state index contributed by atoms with van der Waals surface area (Å²) in [6, 6.07) is 8.48. The number of aryl methyl sites for hydroxylation is 3. The summed E-state index contributed by atoms with van der Waals surface area (Å²) in [6.45, 7) is 4.13. The number of hydrogen-bond acceptors (Lipinski definition) is 3. The van der Waals surface area contributed by atoms with Crippen molar-refractivity contribution < 1.29 is 9.18 Å². The maximum absolute atomic E-state index is 13.8. The lowest BCUT2D eigenvalue weighted by atomic mass is 10.1. The van der Waals surface area contributed by atoms with Crippen molar-refractivity contribution in [2.24, 2.45) is 7.05 Å². The van der Waals surface area contributed by atoms with Gasteiger partial charge in [0.15, 0.2) is 5.82 Å². The Labute approximate surface area is 139 Å². The van der Waals surface area contributed by atoms with Gasteiger partial charge in [0, 0.05) is 25.7 Å².